The maximum absolute atomic E-state index is 5.71. The molecule has 0 bridgehead atoms. The lowest BCUT2D eigenvalue weighted by molar-refractivity contribution is 0.605. The summed E-state index contributed by atoms with van der Waals surface area (Å²) in [5, 5.41) is 1.32. The summed E-state index contributed by atoms with van der Waals surface area (Å²) in [6.45, 7) is 0. The highest BCUT2D eigenvalue weighted by atomic mass is 28.2. The van der Waals surface area contributed by atoms with Crippen LogP contribution >= 0.6 is 0 Å². The molecule has 0 aliphatic rings. The predicted octanol–water partition coefficient (Wildman–Crippen LogP) is 1.27. The van der Waals surface area contributed by atoms with Gasteiger partial charge >= 0.3 is 0 Å². The van der Waals surface area contributed by atoms with Crippen molar-refractivity contribution in [1.82, 2.24) is 0 Å². The van der Waals surface area contributed by atoms with Crippen LogP contribution in [-0.2, 0) is 0 Å². The zero-order chi connectivity index (χ0) is 9.64. The third-order valence-corrected chi connectivity index (χ3v) is 3.22. The summed E-state index contributed by atoms with van der Waals surface area (Å²) in [6.07, 6.45) is 0. The van der Waals surface area contributed by atoms with E-state index in [1.807, 2.05) is 42.5 Å². The molecular formula is C12H11OSi. The van der Waals surface area contributed by atoms with E-state index in [0.29, 0.717) is 0 Å². The lowest BCUT2D eigenvalue weighted by Gasteiger charge is -2.04. The highest BCUT2D eigenvalue weighted by Gasteiger charge is 1.94. The van der Waals surface area contributed by atoms with E-state index in [1.54, 1.807) is 0 Å². The van der Waals surface area contributed by atoms with Crippen molar-refractivity contribution >= 4 is 14.9 Å². The molecule has 0 saturated heterocycles. The monoisotopic (exact) mass is 199 g/mol. The fourth-order valence-electron chi connectivity index (χ4n) is 1.21. The van der Waals surface area contributed by atoms with E-state index in [1.165, 1.54) is 5.19 Å². The first-order valence-corrected chi connectivity index (χ1v) is 5.86. The molecule has 69 valence electrons. The minimum absolute atomic E-state index is 0.624. The van der Waals surface area contributed by atoms with Gasteiger partial charge in [0.1, 0.15) is 5.75 Å². The molecule has 2 heteroatoms. The van der Waals surface area contributed by atoms with Gasteiger partial charge in [0.05, 0.1) is 0 Å². The Morgan fingerprint density at radius 3 is 2.36 bits per heavy atom. The molecule has 0 aromatic heterocycles. The van der Waals surface area contributed by atoms with Crippen LogP contribution in [-0.4, -0.2) is 9.76 Å². The molecule has 1 radical (unpaired) electrons. The third-order valence-electron chi connectivity index (χ3n) is 1.94. The summed E-state index contributed by atoms with van der Waals surface area (Å²) in [4.78, 5) is 0. The van der Waals surface area contributed by atoms with Gasteiger partial charge in [0, 0.05) is 0 Å². The zero-order valence-electron chi connectivity index (χ0n) is 7.81. The van der Waals surface area contributed by atoms with Gasteiger partial charge in [0.15, 0.2) is 0 Å². The highest BCUT2D eigenvalue weighted by Crippen LogP contribution is 2.06. The fourth-order valence-corrected chi connectivity index (χ4v) is 2.20. The smallest absolute Gasteiger partial charge is 0.251 e. The molecule has 0 atom stereocenters. The number of hydrogen-bond donors (Lipinski definition) is 0. The Labute approximate surface area is 86.3 Å². The van der Waals surface area contributed by atoms with Gasteiger partial charge in [-0.05, 0) is 23.4 Å². The highest BCUT2D eigenvalue weighted by molar-refractivity contribution is 6.47. The molecule has 0 aliphatic carbocycles. The Balaban J connectivity index is 1.96. The minimum atomic E-state index is -0.624. The minimum Gasteiger partial charge on any atom is -0.545 e. The molecule has 1 nitrogen and oxygen atoms in total. The van der Waals surface area contributed by atoms with Gasteiger partial charge in [-0.25, -0.2) is 0 Å². The maximum Gasteiger partial charge on any atom is 0.251 e. The van der Waals surface area contributed by atoms with Crippen LogP contribution < -0.4 is 9.61 Å². The fraction of sp³-hybridized carbons (Fsp3) is 0. The van der Waals surface area contributed by atoms with E-state index < -0.39 is 9.76 Å². The summed E-state index contributed by atoms with van der Waals surface area (Å²) in [7, 11) is -0.624. The van der Waals surface area contributed by atoms with Gasteiger partial charge in [-0.2, -0.15) is 0 Å². The normalized spacial score (nSPS) is 10.6. The molecule has 2 aromatic carbocycles. The van der Waals surface area contributed by atoms with Gasteiger partial charge in [-0.3, -0.25) is 0 Å². The van der Waals surface area contributed by atoms with Crippen molar-refractivity contribution in [3.63, 3.8) is 0 Å². The molecule has 0 aliphatic heterocycles. The van der Waals surface area contributed by atoms with Crippen molar-refractivity contribution in [1.29, 1.82) is 0 Å². The molecule has 0 fully saturated rings. The van der Waals surface area contributed by atoms with Crippen LogP contribution in [0.3, 0.4) is 0 Å². The average molecular weight is 199 g/mol. The van der Waals surface area contributed by atoms with Crippen molar-refractivity contribution in [2.45, 2.75) is 0 Å². The molecule has 14 heavy (non-hydrogen) atoms. The Kier molecular flexibility index (Phi) is 2.98. The summed E-state index contributed by atoms with van der Waals surface area (Å²) in [5.41, 5.74) is 0. The summed E-state index contributed by atoms with van der Waals surface area (Å²) in [5.74, 6) is 0.944. The second-order valence-corrected chi connectivity index (χ2v) is 4.40. The Bertz CT molecular complexity index is 333. The third kappa shape index (κ3) is 2.47. The van der Waals surface area contributed by atoms with Crippen LogP contribution in [0.1, 0.15) is 0 Å². The molecule has 0 heterocycles. The Hall–Kier alpha value is -1.54. The van der Waals surface area contributed by atoms with E-state index in [-0.39, 0.29) is 0 Å². The molecular weight excluding hydrogens is 188 g/mol. The van der Waals surface area contributed by atoms with E-state index in [9.17, 15) is 0 Å². The summed E-state index contributed by atoms with van der Waals surface area (Å²) in [6, 6.07) is 20.9. The first kappa shape index (κ1) is 9.03. The van der Waals surface area contributed by atoms with Crippen LogP contribution in [0, 0.1) is 6.07 Å². The topological polar surface area (TPSA) is 9.23 Å². The van der Waals surface area contributed by atoms with Gasteiger partial charge in [0.2, 0.25) is 0 Å². The molecule has 0 saturated carbocycles. The van der Waals surface area contributed by atoms with E-state index in [4.69, 9.17) is 4.43 Å². The molecule has 0 amide bonds. The van der Waals surface area contributed by atoms with E-state index in [2.05, 4.69) is 18.2 Å². The quantitative estimate of drug-likeness (QED) is 0.677. The van der Waals surface area contributed by atoms with Crippen molar-refractivity contribution in [3.8, 4) is 5.75 Å². The van der Waals surface area contributed by atoms with Crippen molar-refractivity contribution in [2.75, 3.05) is 0 Å². The van der Waals surface area contributed by atoms with Crippen LogP contribution in [0.25, 0.3) is 0 Å². The number of benzene rings is 2. The summed E-state index contributed by atoms with van der Waals surface area (Å²) >= 11 is 0. The van der Waals surface area contributed by atoms with E-state index >= 15 is 0 Å². The van der Waals surface area contributed by atoms with Gasteiger partial charge in [-0.15, -0.1) is 0 Å². The largest absolute Gasteiger partial charge is 0.545 e. The van der Waals surface area contributed by atoms with E-state index in [0.717, 1.165) is 5.75 Å². The lowest BCUT2D eigenvalue weighted by atomic mass is 10.3. The first-order chi connectivity index (χ1) is 6.95. The van der Waals surface area contributed by atoms with Crippen LogP contribution in [0.4, 0.5) is 0 Å². The molecule has 2 aromatic rings. The van der Waals surface area contributed by atoms with Gasteiger partial charge < -0.3 is 4.43 Å². The number of hydrogen-bond acceptors (Lipinski definition) is 1. The standard InChI is InChI=1S/C12H11OSi/c1-3-7-11(8-4-1)13-14-12-9-5-2-6-10-12/h2-10H,14H2. The average Bonchev–Trinajstić information content (AvgIpc) is 2.29. The Morgan fingerprint density at radius 1 is 0.929 bits per heavy atom. The van der Waals surface area contributed by atoms with Crippen LogP contribution in [0.15, 0.2) is 54.6 Å². The second kappa shape index (κ2) is 4.63. The number of rotatable bonds is 3. The first-order valence-electron chi connectivity index (χ1n) is 4.58. The van der Waals surface area contributed by atoms with Gasteiger partial charge in [0.25, 0.3) is 9.76 Å². The van der Waals surface area contributed by atoms with Crippen molar-refractivity contribution < 1.29 is 4.43 Å². The van der Waals surface area contributed by atoms with Crippen molar-refractivity contribution in [3.05, 3.63) is 60.7 Å². The molecule has 0 unspecified atom stereocenters. The molecule has 2 rings (SSSR count). The second-order valence-electron chi connectivity index (χ2n) is 3.01. The molecule has 0 spiro atoms. The maximum atomic E-state index is 5.71. The van der Waals surface area contributed by atoms with Crippen LogP contribution in [0.5, 0.6) is 5.75 Å². The van der Waals surface area contributed by atoms with Crippen LogP contribution in [0.2, 0.25) is 0 Å². The molecule has 0 N–H and O–H groups in total. The lowest BCUT2D eigenvalue weighted by Crippen LogP contribution is -2.19. The Morgan fingerprint density at radius 2 is 1.64 bits per heavy atom. The van der Waals surface area contributed by atoms with Gasteiger partial charge in [-0.1, -0.05) is 42.5 Å². The van der Waals surface area contributed by atoms with Crippen molar-refractivity contribution in [2.24, 2.45) is 0 Å². The summed E-state index contributed by atoms with van der Waals surface area (Å²) < 4.78 is 5.71. The zero-order valence-corrected chi connectivity index (χ0v) is 9.23. The predicted molar refractivity (Wildman–Crippen MR) is 60.5 cm³/mol. The SMILES string of the molecule is [c]1ccc(O[SiH2]c2ccccc2)cc1.